The van der Waals surface area contributed by atoms with E-state index in [0.29, 0.717) is 0 Å². The molecule has 0 aromatic carbocycles. The maximum atomic E-state index is 14.1. The highest BCUT2D eigenvalue weighted by Gasteiger charge is 2.99. The van der Waals surface area contributed by atoms with Crippen LogP contribution in [0.3, 0.4) is 0 Å². The standard InChI is InChI=1S/C13H9F21O3Si.C6H13F3O3Si/c1-35-38(36-2,37-3)13(33,34)11(28,29)9(24,25)7(20,21)5(16,17)4(14,15)6(18,19)8(22,23)10(26,27)12(30,31)32;1-10-13(11-2,12-3)5-4-6(7,8)9/h1-3H3;4-5H2,1-3H3. The van der Waals surface area contributed by atoms with E-state index in [9.17, 15) is 105 Å². The summed E-state index contributed by atoms with van der Waals surface area (Å²) < 4.78 is 341. The molecule has 0 unspecified atom stereocenters. The van der Waals surface area contributed by atoms with Gasteiger partial charge in [-0.3, -0.25) is 0 Å². The Balaban J connectivity index is 0. The molecule has 32 heteroatoms. The Labute approximate surface area is 270 Å². The van der Waals surface area contributed by atoms with E-state index in [1.165, 1.54) is 21.3 Å². The molecule has 0 saturated heterocycles. The second-order valence-electron chi connectivity index (χ2n) is 9.25. The quantitative estimate of drug-likeness (QED) is 0.108. The highest BCUT2D eigenvalue weighted by molar-refractivity contribution is 6.63. The number of hydrogen-bond acceptors (Lipinski definition) is 6. The number of alkyl halides is 24. The Morgan fingerprint density at radius 3 is 0.765 bits per heavy atom. The first-order valence-electron chi connectivity index (χ1n) is 11.9. The average Bonchev–Trinajstić information content (AvgIpc) is 2.97. The van der Waals surface area contributed by atoms with Crippen LogP contribution in [0.4, 0.5) is 105 Å². The molecule has 0 bridgehead atoms. The van der Waals surface area contributed by atoms with E-state index in [0.717, 1.165) is 0 Å². The van der Waals surface area contributed by atoms with Crippen LogP contribution in [-0.4, -0.2) is 126 Å². The van der Waals surface area contributed by atoms with Gasteiger partial charge in [0.05, 0.1) is 0 Å². The van der Waals surface area contributed by atoms with Crippen molar-refractivity contribution in [3.63, 3.8) is 0 Å². The van der Waals surface area contributed by atoms with E-state index < -0.39 is 89.3 Å². The minimum Gasteiger partial charge on any atom is -0.377 e. The van der Waals surface area contributed by atoms with E-state index >= 15 is 0 Å². The summed E-state index contributed by atoms with van der Waals surface area (Å²) in [5.41, 5.74) is -7.09. The van der Waals surface area contributed by atoms with Crippen molar-refractivity contribution in [3.8, 4) is 0 Å². The Kier molecular flexibility index (Phi) is 15.5. The summed E-state index contributed by atoms with van der Waals surface area (Å²) in [7, 11) is -6.35. The lowest BCUT2D eigenvalue weighted by Crippen LogP contribution is -2.79. The molecule has 0 aliphatic carbocycles. The van der Waals surface area contributed by atoms with Gasteiger partial charge in [0, 0.05) is 55.1 Å². The van der Waals surface area contributed by atoms with Gasteiger partial charge >= 0.3 is 82.9 Å². The molecule has 0 aromatic rings. The van der Waals surface area contributed by atoms with Crippen molar-refractivity contribution < 1.29 is 132 Å². The van der Waals surface area contributed by atoms with Crippen LogP contribution < -0.4 is 0 Å². The Morgan fingerprint density at radius 2 is 0.569 bits per heavy atom. The normalized spacial score (nSPS) is 15.9. The molecule has 0 atom stereocenters. The monoisotopic (exact) mass is 858 g/mol. The SMILES string of the molecule is CO[Si](CCC(F)(F)F)(OC)OC.CO[Si](OC)(OC)C(F)(F)C(F)(F)C(F)(F)C(F)(F)C(F)(F)C(F)(F)C(F)(F)C(F)(F)C(F)(F)C(F)(F)F. The van der Waals surface area contributed by atoms with Gasteiger partial charge in [-0.2, -0.15) is 105 Å². The Bertz CT molecular complexity index is 1050. The number of hydrogen-bond donors (Lipinski definition) is 0. The molecule has 0 heterocycles. The molecule has 51 heavy (non-hydrogen) atoms. The highest BCUT2D eigenvalue weighted by atomic mass is 28.4. The molecule has 6 nitrogen and oxygen atoms in total. The third kappa shape index (κ3) is 8.15. The maximum Gasteiger partial charge on any atom is 0.581 e. The fraction of sp³-hybridized carbons (Fsp3) is 1.00. The van der Waals surface area contributed by atoms with E-state index in [1.54, 1.807) is 0 Å². The lowest BCUT2D eigenvalue weighted by molar-refractivity contribution is -0.473. The number of rotatable bonds is 17. The Hall–Kier alpha value is -1.49. The van der Waals surface area contributed by atoms with Crippen LogP contribution in [0, 0.1) is 0 Å². The van der Waals surface area contributed by atoms with Crippen molar-refractivity contribution in [2.24, 2.45) is 0 Å². The van der Waals surface area contributed by atoms with Crippen LogP contribution in [0.15, 0.2) is 0 Å². The first-order chi connectivity index (χ1) is 22.1. The molecular formula is C19H22F24O6Si2. The largest absolute Gasteiger partial charge is 0.581 e. The molecule has 0 N–H and O–H groups in total. The maximum absolute atomic E-state index is 14.1. The summed E-state index contributed by atoms with van der Waals surface area (Å²) in [6.07, 6.45) is -13.2. The van der Waals surface area contributed by atoms with Crippen LogP contribution >= 0.6 is 0 Å². The van der Waals surface area contributed by atoms with E-state index in [1.807, 2.05) is 0 Å². The van der Waals surface area contributed by atoms with Gasteiger partial charge in [-0.05, 0) is 0 Å². The van der Waals surface area contributed by atoms with Crippen LogP contribution in [0.1, 0.15) is 6.42 Å². The zero-order valence-electron chi connectivity index (χ0n) is 25.4. The van der Waals surface area contributed by atoms with Gasteiger partial charge in [-0.15, -0.1) is 0 Å². The summed E-state index contributed by atoms with van der Waals surface area (Å²) in [6, 6.07) is -0.250. The minimum atomic E-state index is -9.23. The average molecular weight is 859 g/mol. The van der Waals surface area contributed by atoms with Crippen molar-refractivity contribution >= 4 is 17.6 Å². The van der Waals surface area contributed by atoms with Crippen molar-refractivity contribution in [1.82, 2.24) is 0 Å². The third-order valence-electron chi connectivity index (χ3n) is 6.35. The van der Waals surface area contributed by atoms with Gasteiger partial charge in [-0.25, -0.2) is 0 Å². The molecule has 0 rings (SSSR count). The predicted molar refractivity (Wildman–Crippen MR) is 120 cm³/mol. The molecule has 0 amide bonds. The fourth-order valence-electron chi connectivity index (χ4n) is 3.24. The van der Waals surface area contributed by atoms with E-state index in [2.05, 4.69) is 13.3 Å². The lowest BCUT2D eigenvalue weighted by atomic mass is 9.87. The zero-order chi connectivity index (χ0) is 42.2. The summed E-state index contributed by atoms with van der Waals surface area (Å²) >= 11 is 0. The van der Waals surface area contributed by atoms with Gasteiger partial charge < -0.3 is 26.6 Å². The topological polar surface area (TPSA) is 55.4 Å². The van der Waals surface area contributed by atoms with Crippen molar-refractivity contribution in [2.75, 3.05) is 42.7 Å². The van der Waals surface area contributed by atoms with Crippen LogP contribution in [-0.2, 0) is 26.6 Å². The second-order valence-corrected chi connectivity index (χ2v) is 15.3. The Morgan fingerprint density at radius 1 is 0.333 bits per heavy atom. The molecule has 0 aliphatic heterocycles. The van der Waals surface area contributed by atoms with Crippen molar-refractivity contribution in [2.45, 2.75) is 77.7 Å². The van der Waals surface area contributed by atoms with Gasteiger partial charge in [0.15, 0.2) is 0 Å². The second kappa shape index (κ2) is 15.3. The molecule has 0 saturated carbocycles. The van der Waals surface area contributed by atoms with E-state index in [4.69, 9.17) is 13.3 Å². The molecule has 0 aromatic heterocycles. The third-order valence-corrected chi connectivity index (χ3v) is 11.8. The summed E-state index contributed by atoms with van der Waals surface area (Å²) in [4.78, 5) is 0. The fourth-order valence-corrected chi connectivity index (χ4v) is 6.75. The minimum absolute atomic E-state index is 0.119. The molecule has 0 spiro atoms. The first kappa shape index (κ1) is 51.6. The van der Waals surface area contributed by atoms with Gasteiger partial charge in [0.2, 0.25) is 0 Å². The summed E-state index contributed by atoms with van der Waals surface area (Å²) in [6.45, 7) is 0. The van der Waals surface area contributed by atoms with Crippen molar-refractivity contribution in [1.29, 1.82) is 0 Å². The van der Waals surface area contributed by atoms with Crippen LogP contribution in [0.5, 0.6) is 0 Å². The first-order valence-corrected chi connectivity index (χ1v) is 15.6. The molecule has 0 fully saturated rings. The predicted octanol–water partition coefficient (Wildman–Crippen LogP) is 8.50. The molecule has 310 valence electrons. The lowest BCUT2D eigenvalue weighted by Gasteiger charge is -2.45. The molecule has 0 radical (unpaired) electrons. The van der Waals surface area contributed by atoms with E-state index in [-0.39, 0.29) is 27.4 Å². The van der Waals surface area contributed by atoms with Gasteiger partial charge in [0.25, 0.3) is 0 Å². The molecule has 0 aliphatic rings. The molecular weight excluding hydrogens is 836 g/mol. The number of halogens is 24. The van der Waals surface area contributed by atoms with Crippen molar-refractivity contribution in [3.05, 3.63) is 0 Å². The van der Waals surface area contributed by atoms with Crippen LogP contribution in [0.25, 0.3) is 0 Å². The van der Waals surface area contributed by atoms with Crippen LogP contribution in [0.2, 0.25) is 6.04 Å². The summed E-state index contributed by atoms with van der Waals surface area (Å²) in [5.74, 6) is -71.0. The summed E-state index contributed by atoms with van der Waals surface area (Å²) in [5, 5.41) is 0. The smallest absolute Gasteiger partial charge is 0.377 e. The zero-order valence-corrected chi connectivity index (χ0v) is 27.4. The highest BCUT2D eigenvalue weighted by Crippen LogP contribution is 2.66. The van der Waals surface area contributed by atoms with Gasteiger partial charge in [0.1, 0.15) is 0 Å². The van der Waals surface area contributed by atoms with Gasteiger partial charge in [-0.1, -0.05) is 0 Å².